The van der Waals surface area contributed by atoms with E-state index in [0.717, 1.165) is 19.4 Å². The van der Waals surface area contributed by atoms with E-state index in [4.69, 9.17) is 5.73 Å². The van der Waals surface area contributed by atoms with Crippen LogP contribution >= 0.6 is 12.4 Å². The SMILES string of the molecule is CC1CCN(C(=O)CCn2nc3ccccn3c2=O)C(CN)C1.Cl. The summed E-state index contributed by atoms with van der Waals surface area (Å²) in [7, 11) is 0. The molecule has 2 aromatic heterocycles. The van der Waals surface area contributed by atoms with Crippen LogP contribution in [0.4, 0.5) is 0 Å². The molecule has 24 heavy (non-hydrogen) atoms. The van der Waals surface area contributed by atoms with Gasteiger partial charge in [-0.3, -0.25) is 9.20 Å². The van der Waals surface area contributed by atoms with E-state index in [9.17, 15) is 9.59 Å². The van der Waals surface area contributed by atoms with E-state index in [1.54, 1.807) is 18.3 Å². The van der Waals surface area contributed by atoms with Gasteiger partial charge in [-0.1, -0.05) is 13.0 Å². The summed E-state index contributed by atoms with van der Waals surface area (Å²) in [6.07, 6.45) is 3.92. The lowest BCUT2D eigenvalue weighted by molar-refractivity contribution is -0.135. The minimum Gasteiger partial charge on any atom is -0.338 e. The first-order chi connectivity index (χ1) is 11.1. The minimum absolute atomic E-state index is 0. The van der Waals surface area contributed by atoms with Crippen LogP contribution in [0.2, 0.25) is 0 Å². The molecule has 7 nitrogen and oxygen atoms in total. The summed E-state index contributed by atoms with van der Waals surface area (Å²) in [4.78, 5) is 26.6. The Bertz CT molecular complexity index is 756. The zero-order valence-electron chi connectivity index (χ0n) is 13.8. The average Bonchev–Trinajstić information content (AvgIpc) is 2.89. The van der Waals surface area contributed by atoms with Gasteiger partial charge in [-0.05, 0) is 30.9 Å². The van der Waals surface area contributed by atoms with E-state index < -0.39 is 0 Å². The van der Waals surface area contributed by atoms with Crippen molar-refractivity contribution in [1.82, 2.24) is 19.1 Å². The Hall–Kier alpha value is -1.86. The molecule has 8 heteroatoms. The molecule has 2 unspecified atom stereocenters. The van der Waals surface area contributed by atoms with Gasteiger partial charge in [0, 0.05) is 31.7 Å². The van der Waals surface area contributed by atoms with Crippen molar-refractivity contribution in [2.24, 2.45) is 11.7 Å². The molecular formula is C16H24ClN5O2. The number of likely N-dealkylation sites (tertiary alicyclic amines) is 1. The van der Waals surface area contributed by atoms with Crippen molar-refractivity contribution >= 4 is 24.0 Å². The van der Waals surface area contributed by atoms with E-state index in [0.29, 0.717) is 24.7 Å². The van der Waals surface area contributed by atoms with Gasteiger partial charge in [0.25, 0.3) is 0 Å². The molecule has 0 radical (unpaired) electrons. The third kappa shape index (κ3) is 3.62. The normalized spacial score (nSPS) is 20.8. The number of hydrogen-bond acceptors (Lipinski definition) is 4. The van der Waals surface area contributed by atoms with Gasteiger partial charge in [0.2, 0.25) is 5.91 Å². The van der Waals surface area contributed by atoms with Gasteiger partial charge in [-0.15, -0.1) is 17.5 Å². The Morgan fingerprint density at radius 3 is 2.92 bits per heavy atom. The van der Waals surface area contributed by atoms with Crippen molar-refractivity contribution in [3.8, 4) is 0 Å². The monoisotopic (exact) mass is 353 g/mol. The second-order valence-corrected chi connectivity index (χ2v) is 6.29. The van der Waals surface area contributed by atoms with Crippen molar-refractivity contribution in [2.45, 2.75) is 38.8 Å². The zero-order chi connectivity index (χ0) is 16.4. The number of nitrogens with zero attached hydrogens (tertiary/aromatic N) is 4. The second-order valence-electron chi connectivity index (χ2n) is 6.29. The molecule has 2 aromatic rings. The number of nitrogens with two attached hydrogens (primary N) is 1. The highest BCUT2D eigenvalue weighted by Crippen LogP contribution is 2.22. The topological polar surface area (TPSA) is 85.6 Å². The zero-order valence-corrected chi connectivity index (χ0v) is 14.6. The molecule has 132 valence electrons. The predicted octanol–water partition coefficient (Wildman–Crippen LogP) is 0.894. The molecule has 0 aromatic carbocycles. The Labute approximate surface area is 146 Å². The van der Waals surface area contributed by atoms with Crippen molar-refractivity contribution in [2.75, 3.05) is 13.1 Å². The first-order valence-corrected chi connectivity index (χ1v) is 8.14. The fourth-order valence-electron chi connectivity index (χ4n) is 3.26. The van der Waals surface area contributed by atoms with Crippen LogP contribution in [0.3, 0.4) is 0 Å². The van der Waals surface area contributed by atoms with Crippen molar-refractivity contribution in [3.05, 3.63) is 34.9 Å². The number of piperidine rings is 1. The number of hydrogen-bond donors (Lipinski definition) is 1. The van der Waals surface area contributed by atoms with Crippen LogP contribution in [0.1, 0.15) is 26.2 Å². The molecule has 1 amide bonds. The number of amides is 1. The highest BCUT2D eigenvalue weighted by molar-refractivity contribution is 5.85. The Balaban J connectivity index is 0.00000208. The summed E-state index contributed by atoms with van der Waals surface area (Å²) in [5, 5.41) is 4.25. The fourth-order valence-corrected chi connectivity index (χ4v) is 3.26. The largest absolute Gasteiger partial charge is 0.350 e. The molecule has 0 spiro atoms. The molecule has 0 aliphatic carbocycles. The lowest BCUT2D eigenvalue weighted by Crippen LogP contribution is -2.49. The first-order valence-electron chi connectivity index (χ1n) is 8.14. The molecule has 3 heterocycles. The molecule has 3 rings (SSSR count). The second kappa shape index (κ2) is 7.81. The van der Waals surface area contributed by atoms with Crippen LogP contribution in [-0.2, 0) is 11.3 Å². The van der Waals surface area contributed by atoms with Crippen molar-refractivity contribution in [3.63, 3.8) is 0 Å². The van der Waals surface area contributed by atoms with E-state index in [-0.39, 0.29) is 36.5 Å². The quantitative estimate of drug-likeness (QED) is 0.884. The van der Waals surface area contributed by atoms with Crippen LogP contribution in [0.15, 0.2) is 29.2 Å². The van der Waals surface area contributed by atoms with Crippen LogP contribution < -0.4 is 11.4 Å². The lowest BCUT2D eigenvalue weighted by atomic mass is 9.92. The Kier molecular flexibility index (Phi) is 6.01. The number of fused-ring (bicyclic) bond motifs is 1. The molecule has 1 aliphatic rings. The number of carbonyl (C=O) groups is 1. The first kappa shape index (κ1) is 18.5. The molecule has 1 aliphatic heterocycles. The maximum atomic E-state index is 12.5. The number of halogens is 1. The highest BCUT2D eigenvalue weighted by Gasteiger charge is 2.28. The van der Waals surface area contributed by atoms with E-state index in [1.807, 2.05) is 11.0 Å². The maximum Gasteiger partial charge on any atom is 0.350 e. The average molecular weight is 354 g/mol. The standard InChI is InChI=1S/C16H23N5O2.ClH/c1-12-5-8-19(13(10-12)11-17)15(22)6-9-21-16(23)20-7-3-2-4-14(20)18-21;/h2-4,7,12-13H,5-6,8-11,17H2,1H3;1H. The molecule has 2 atom stereocenters. The smallest absolute Gasteiger partial charge is 0.338 e. The van der Waals surface area contributed by atoms with E-state index in [2.05, 4.69) is 12.0 Å². The lowest BCUT2D eigenvalue weighted by Gasteiger charge is -2.38. The summed E-state index contributed by atoms with van der Waals surface area (Å²) in [6, 6.07) is 5.50. The minimum atomic E-state index is -0.212. The van der Waals surface area contributed by atoms with Gasteiger partial charge >= 0.3 is 5.69 Å². The van der Waals surface area contributed by atoms with Crippen molar-refractivity contribution in [1.29, 1.82) is 0 Å². The van der Waals surface area contributed by atoms with Gasteiger partial charge in [0.05, 0.1) is 6.54 Å². The van der Waals surface area contributed by atoms with Crippen LogP contribution in [0, 0.1) is 5.92 Å². The molecule has 1 saturated heterocycles. The highest BCUT2D eigenvalue weighted by atomic mass is 35.5. The number of aromatic nitrogens is 3. The van der Waals surface area contributed by atoms with Gasteiger partial charge in [-0.2, -0.15) is 0 Å². The number of pyridine rings is 1. The van der Waals surface area contributed by atoms with Crippen LogP contribution in [0.5, 0.6) is 0 Å². The number of carbonyl (C=O) groups excluding carboxylic acids is 1. The molecule has 1 fully saturated rings. The summed E-state index contributed by atoms with van der Waals surface area (Å²) >= 11 is 0. The van der Waals surface area contributed by atoms with E-state index in [1.165, 1.54) is 9.08 Å². The molecule has 0 saturated carbocycles. The number of aryl methyl sites for hydroxylation is 1. The molecule has 2 N–H and O–H groups in total. The number of rotatable bonds is 4. The predicted molar refractivity (Wildman–Crippen MR) is 94.3 cm³/mol. The van der Waals surface area contributed by atoms with Gasteiger partial charge < -0.3 is 10.6 Å². The Morgan fingerprint density at radius 2 is 2.21 bits per heavy atom. The van der Waals surface area contributed by atoms with Gasteiger partial charge in [0.1, 0.15) is 0 Å². The summed E-state index contributed by atoms with van der Waals surface area (Å²) in [6.45, 7) is 3.73. The third-order valence-corrected chi connectivity index (χ3v) is 4.60. The molecule has 0 bridgehead atoms. The third-order valence-electron chi connectivity index (χ3n) is 4.60. The van der Waals surface area contributed by atoms with Gasteiger partial charge in [-0.25, -0.2) is 9.48 Å². The summed E-state index contributed by atoms with van der Waals surface area (Å²) in [5.41, 5.74) is 6.19. The van der Waals surface area contributed by atoms with Gasteiger partial charge in [0.15, 0.2) is 5.65 Å². The van der Waals surface area contributed by atoms with Crippen LogP contribution in [-0.4, -0.2) is 44.1 Å². The van der Waals surface area contributed by atoms with E-state index >= 15 is 0 Å². The van der Waals surface area contributed by atoms with Crippen molar-refractivity contribution < 1.29 is 4.79 Å². The van der Waals surface area contributed by atoms with Crippen LogP contribution in [0.25, 0.3) is 5.65 Å². The summed E-state index contributed by atoms with van der Waals surface area (Å²) in [5.74, 6) is 0.657. The summed E-state index contributed by atoms with van der Waals surface area (Å²) < 4.78 is 2.84. The maximum absolute atomic E-state index is 12.5. The Morgan fingerprint density at radius 1 is 1.42 bits per heavy atom. The fraction of sp³-hybridized carbons (Fsp3) is 0.562. The molecular weight excluding hydrogens is 330 g/mol.